The third kappa shape index (κ3) is 3.80. The quantitative estimate of drug-likeness (QED) is 0.831. The van der Waals surface area contributed by atoms with Crippen molar-refractivity contribution in [2.24, 2.45) is 5.41 Å². The molecule has 1 saturated carbocycles. The van der Waals surface area contributed by atoms with Crippen LogP contribution < -0.4 is 10.6 Å². The minimum Gasteiger partial charge on any atom is -0.352 e. The highest BCUT2D eigenvalue weighted by molar-refractivity contribution is 6.31. The van der Waals surface area contributed by atoms with Gasteiger partial charge in [0.2, 0.25) is 11.8 Å². The molecule has 0 heterocycles. The first-order valence-electron chi connectivity index (χ1n) is 7.69. The topological polar surface area (TPSA) is 58.2 Å². The van der Waals surface area contributed by atoms with Crippen molar-refractivity contribution in [1.82, 2.24) is 5.32 Å². The van der Waals surface area contributed by atoms with Crippen LogP contribution in [-0.4, -0.2) is 17.9 Å². The molecule has 0 atom stereocenters. The van der Waals surface area contributed by atoms with Crippen molar-refractivity contribution >= 4 is 29.1 Å². The van der Waals surface area contributed by atoms with Crippen LogP contribution in [0.5, 0.6) is 0 Å². The number of hydrogen-bond donors (Lipinski definition) is 2. The lowest BCUT2D eigenvalue weighted by atomic mass is 9.90. The number of amides is 2. The molecule has 4 nitrogen and oxygen atoms in total. The van der Waals surface area contributed by atoms with E-state index in [1.807, 2.05) is 13.0 Å². The second-order valence-electron chi connectivity index (χ2n) is 6.49. The van der Waals surface area contributed by atoms with Crippen LogP contribution in [0.1, 0.15) is 45.1 Å². The molecule has 1 aliphatic carbocycles. The normalized spacial score (nSPS) is 15.6. The van der Waals surface area contributed by atoms with Crippen LogP contribution in [-0.2, 0) is 9.59 Å². The second kappa shape index (κ2) is 6.69. The standard InChI is InChI=1S/C17H23ClN2O2/c1-11-8-9-12(18)10-14(11)20-16(22)17(2,3)15(21)19-13-6-4-5-7-13/h8-10,13H,4-7H2,1-3H3,(H,19,21)(H,20,22). The van der Waals surface area contributed by atoms with Gasteiger partial charge in [0, 0.05) is 16.8 Å². The van der Waals surface area contributed by atoms with Crippen molar-refractivity contribution in [2.75, 3.05) is 5.32 Å². The van der Waals surface area contributed by atoms with E-state index in [9.17, 15) is 9.59 Å². The average Bonchev–Trinajstić information content (AvgIpc) is 2.95. The van der Waals surface area contributed by atoms with E-state index in [-0.39, 0.29) is 17.9 Å². The zero-order valence-electron chi connectivity index (χ0n) is 13.3. The van der Waals surface area contributed by atoms with Gasteiger partial charge in [-0.2, -0.15) is 0 Å². The van der Waals surface area contributed by atoms with Gasteiger partial charge >= 0.3 is 0 Å². The van der Waals surface area contributed by atoms with E-state index in [2.05, 4.69) is 10.6 Å². The van der Waals surface area contributed by atoms with Gasteiger partial charge in [0.05, 0.1) is 0 Å². The van der Waals surface area contributed by atoms with Crippen LogP contribution in [0.4, 0.5) is 5.69 Å². The van der Waals surface area contributed by atoms with Crippen molar-refractivity contribution < 1.29 is 9.59 Å². The van der Waals surface area contributed by atoms with Gasteiger partial charge in [-0.3, -0.25) is 9.59 Å². The molecule has 0 bridgehead atoms. The maximum absolute atomic E-state index is 12.5. The van der Waals surface area contributed by atoms with E-state index in [0.717, 1.165) is 31.2 Å². The number of hydrogen-bond acceptors (Lipinski definition) is 2. The summed E-state index contributed by atoms with van der Waals surface area (Å²) in [5.74, 6) is -0.551. The minimum atomic E-state index is -1.13. The fourth-order valence-electron chi connectivity index (χ4n) is 2.55. The highest BCUT2D eigenvalue weighted by Gasteiger charge is 2.37. The fraction of sp³-hybridized carbons (Fsp3) is 0.529. The van der Waals surface area contributed by atoms with Gasteiger partial charge in [0.1, 0.15) is 5.41 Å². The summed E-state index contributed by atoms with van der Waals surface area (Å²) in [5, 5.41) is 6.35. The van der Waals surface area contributed by atoms with Crippen LogP contribution >= 0.6 is 11.6 Å². The van der Waals surface area contributed by atoms with Gasteiger partial charge in [0.15, 0.2) is 0 Å². The fourth-order valence-corrected chi connectivity index (χ4v) is 2.72. The molecule has 2 rings (SSSR count). The van der Waals surface area contributed by atoms with E-state index in [4.69, 9.17) is 11.6 Å². The number of rotatable bonds is 4. The number of anilines is 1. The smallest absolute Gasteiger partial charge is 0.239 e. The highest BCUT2D eigenvalue weighted by atomic mass is 35.5. The summed E-state index contributed by atoms with van der Waals surface area (Å²) in [5.41, 5.74) is 0.418. The monoisotopic (exact) mass is 322 g/mol. The minimum absolute atomic E-state index is 0.201. The molecule has 0 saturated heterocycles. The van der Waals surface area contributed by atoms with Crippen molar-refractivity contribution in [3.8, 4) is 0 Å². The Bertz CT molecular complexity index is 578. The molecule has 0 unspecified atom stereocenters. The maximum atomic E-state index is 12.5. The maximum Gasteiger partial charge on any atom is 0.239 e. The van der Waals surface area contributed by atoms with Crippen molar-refractivity contribution in [3.05, 3.63) is 28.8 Å². The lowest BCUT2D eigenvalue weighted by Gasteiger charge is -2.25. The second-order valence-corrected chi connectivity index (χ2v) is 6.93. The SMILES string of the molecule is Cc1ccc(Cl)cc1NC(=O)C(C)(C)C(=O)NC1CCCC1. The molecular formula is C17H23ClN2O2. The molecule has 0 spiro atoms. The molecule has 2 N–H and O–H groups in total. The van der Waals surface area contributed by atoms with Gasteiger partial charge in [-0.05, 0) is 51.3 Å². The Kier molecular flexibility index (Phi) is 5.12. The zero-order chi connectivity index (χ0) is 16.3. The predicted molar refractivity (Wildman–Crippen MR) is 89.0 cm³/mol. The number of benzene rings is 1. The van der Waals surface area contributed by atoms with Crippen LogP contribution in [0.15, 0.2) is 18.2 Å². The van der Waals surface area contributed by atoms with E-state index in [0.29, 0.717) is 10.7 Å². The summed E-state index contributed by atoms with van der Waals surface area (Å²) < 4.78 is 0. The molecule has 5 heteroatoms. The third-order valence-electron chi connectivity index (χ3n) is 4.27. The number of aryl methyl sites for hydroxylation is 1. The number of carbonyl (C=O) groups excluding carboxylic acids is 2. The van der Waals surface area contributed by atoms with Gasteiger partial charge in [-0.1, -0.05) is 30.5 Å². The summed E-state index contributed by atoms with van der Waals surface area (Å²) in [6.45, 7) is 5.18. The summed E-state index contributed by atoms with van der Waals surface area (Å²) in [6, 6.07) is 5.50. The zero-order valence-corrected chi connectivity index (χ0v) is 14.1. The van der Waals surface area contributed by atoms with Crippen LogP contribution in [0.3, 0.4) is 0 Å². The Hall–Kier alpha value is -1.55. The average molecular weight is 323 g/mol. The molecule has 22 heavy (non-hydrogen) atoms. The van der Waals surface area contributed by atoms with Crippen LogP contribution in [0.25, 0.3) is 0 Å². The van der Waals surface area contributed by atoms with E-state index >= 15 is 0 Å². The molecule has 0 radical (unpaired) electrons. The first-order chi connectivity index (χ1) is 10.3. The van der Waals surface area contributed by atoms with Gasteiger partial charge in [-0.15, -0.1) is 0 Å². The van der Waals surface area contributed by atoms with Gasteiger partial charge in [-0.25, -0.2) is 0 Å². The number of halogens is 1. The largest absolute Gasteiger partial charge is 0.352 e. The van der Waals surface area contributed by atoms with E-state index < -0.39 is 5.41 Å². The lowest BCUT2D eigenvalue weighted by molar-refractivity contribution is -0.138. The third-order valence-corrected chi connectivity index (χ3v) is 4.51. The Labute approximate surface area is 136 Å². The highest BCUT2D eigenvalue weighted by Crippen LogP contribution is 2.25. The Morgan fingerprint density at radius 1 is 1.18 bits per heavy atom. The molecule has 2 amide bonds. The molecule has 1 fully saturated rings. The summed E-state index contributed by atoms with van der Waals surface area (Å²) in [4.78, 5) is 24.9. The summed E-state index contributed by atoms with van der Waals surface area (Å²) >= 11 is 5.96. The van der Waals surface area contributed by atoms with Gasteiger partial charge < -0.3 is 10.6 Å². The molecule has 0 aromatic heterocycles. The van der Waals surface area contributed by atoms with Crippen molar-refractivity contribution in [3.63, 3.8) is 0 Å². The Morgan fingerprint density at radius 2 is 1.82 bits per heavy atom. The molecule has 120 valence electrons. The molecule has 1 aromatic rings. The van der Waals surface area contributed by atoms with Crippen LogP contribution in [0, 0.1) is 12.3 Å². The number of nitrogens with one attached hydrogen (secondary N) is 2. The van der Waals surface area contributed by atoms with Gasteiger partial charge in [0.25, 0.3) is 0 Å². The first-order valence-corrected chi connectivity index (χ1v) is 8.07. The predicted octanol–water partition coefficient (Wildman–Crippen LogP) is 3.67. The molecule has 1 aromatic carbocycles. The lowest BCUT2D eigenvalue weighted by Crippen LogP contribution is -2.48. The van der Waals surface area contributed by atoms with E-state index in [1.54, 1.807) is 26.0 Å². The molecule has 1 aliphatic rings. The first kappa shape index (κ1) is 16.8. The summed E-state index contributed by atoms with van der Waals surface area (Å²) in [7, 11) is 0. The molecular weight excluding hydrogens is 300 g/mol. The number of carbonyl (C=O) groups is 2. The van der Waals surface area contributed by atoms with E-state index in [1.165, 1.54) is 0 Å². The Morgan fingerprint density at radius 3 is 2.45 bits per heavy atom. The van der Waals surface area contributed by atoms with Crippen molar-refractivity contribution in [1.29, 1.82) is 0 Å². The van der Waals surface area contributed by atoms with Crippen LogP contribution in [0.2, 0.25) is 5.02 Å². The Balaban J connectivity index is 2.05. The molecule has 0 aliphatic heterocycles. The summed E-state index contributed by atoms with van der Waals surface area (Å²) in [6.07, 6.45) is 4.27. The van der Waals surface area contributed by atoms with Crippen molar-refractivity contribution in [2.45, 2.75) is 52.5 Å².